The molecule has 94 valence electrons. The Balaban J connectivity index is 4.46. The predicted molar refractivity (Wildman–Crippen MR) is 65.8 cm³/mol. The maximum Gasteiger partial charge on any atom is 0.340 e. The molecule has 0 bridgehead atoms. The number of halogens is 2. The van der Waals surface area contributed by atoms with Crippen molar-refractivity contribution in [2.45, 2.75) is 38.8 Å². The molecular formula is C9H17Cl2N3O2. The van der Waals surface area contributed by atoms with Crippen molar-refractivity contribution >= 4 is 29.2 Å². The van der Waals surface area contributed by atoms with E-state index in [0.29, 0.717) is 18.7 Å². The third-order valence-corrected chi connectivity index (χ3v) is 3.03. The fourth-order valence-electron chi connectivity index (χ4n) is 1.11. The van der Waals surface area contributed by atoms with Crippen molar-refractivity contribution in [1.29, 1.82) is 0 Å². The quantitative estimate of drug-likeness (QED) is 0.439. The largest absolute Gasteiger partial charge is 0.340 e. The zero-order chi connectivity index (χ0) is 12.6. The first-order chi connectivity index (χ1) is 7.64. The van der Waals surface area contributed by atoms with Crippen LogP contribution in [0.3, 0.4) is 0 Å². The second-order valence-corrected chi connectivity index (χ2v) is 3.97. The van der Waals surface area contributed by atoms with Crippen LogP contribution in [0.4, 0.5) is 4.79 Å². The van der Waals surface area contributed by atoms with Crippen molar-refractivity contribution in [3.05, 3.63) is 4.91 Å². The van der Waals surface area contributed by atoms with Crippen molar-refractivity contribution in [1.82, 2.24) is 10.3 Å². The lowest BCUT2D eigenvalue weighted by Gasteiger charge is -2.24. The third kappa shape index (κ3) is 4.53. The molecule has 2 amide bonds. The molecule has 7 heteroatoms. The summed E-state index contributed by atoms with van der Waals surface area (Å²) in [5.41, 5.74) is 0. The predicted octanol–water partition coefficient (Wildman–Crippen LogP) is 2.71. The fourth-order valence-corrected chi connectivity index (χ4v) is 1.75. The highest BCUT2D eigenvalue weighted by atomic mass is 35.5. The highest BCUT2D eigenvalue weighted by Gasteiger charge is 2.24. The molecule has 0 rings (SSSR count). The van der Waals surface area contributed by atoms with Gasteiger partial charge in [-0.15, -0.1) is 28.1 Å². The van der Waals surface area contributed by atoms with Gasteiger partial charge in [0.05, 0.1) is 11.3 Å². The van der Waals surface area contributed by atoms with Gasteiger partial charge in [0.1, 0.15) is 0 Å². The molecule has 0 aromatic rings. The van der Waals surface area contributed by atoms with Crippen molar-refractivity contribution in [3.63, 3.8) is 0 Å². The van der Waals surface area contributed by atoms with Crippen LogP contribution in [-0.4, -0.2) is 34.9 Å². The number of nitrogens with zero attached hydrogens (tertiary/aromatic N) is 2. The topological polar surface area (TPSA) is 61.8 Å². The summed E-state index contributed by atoms with van der Waals surface area (Å²) in [6.07, 6.45) is 1.26. The van der Waals surface area contributed by atoms with Crippen molar-refractivity contribution in [3.8, 4) is 0 Å². The van der Waals surface area contributed by atoms with Crippen LogP contribution < -0.4 is 5.32 Å². The van der Waals surface area contributed by atoms with Crippen LogP contribution in [0.5, 0.6) is 0 Å². The summed E-state index contributed by atoms with van der Waals surface area (Å²) in [5.74, 6) is 0.472. The monoisotopic (exact) mass is 269 g/mol. The summed E-state index contributed by atoms with van der Waals surface area (Å²) in [7, 11) is 0. The standard InChI is InChI=1S/C9H17Cl2N3O2/c1-3-7(5-10)12-9(15)14(13-16)8(4-2)6-11/h7-8H,3-6H2,1-2H3,(H,12,15). The van der Waals surface area contributed by atoms with Gasteiger partial charge >= 0.3 is 6.03 Å². The molecule has 5 nitrogen and oxygen atoms in total. The number of hydrogen-bond donors (Lipinski definition) is 1. The smallest absolute Gasteiger partial charge is 0.332 e. The number of carbonyl (C=O) groups excluding carboxylic acids is 1. The van der Waals surface area contributed by atoms with E-state index in [-0.39, 0.29) is 18.0 Å². The molecule has 2 atom stereocenters. The molecule has 0 aromatic heterocycles. The SMILES string of the molecule is CCC(CCl)NC(=O)N(N=O)C(CC)CCl. The van der Waals surface area contributed by atoms with Crippen LogP contribution in [0.15, 0.2) is 5.29 Å². The minimum Gasteiger partial charge on any atom is -0.332 e. The Hall–Kier alpha value is -0.550. The van der Waals surface area contributed by atoms with Crippen LogP contribution in [0.2, 0.25) is 0 Å². The zero-order valence-electron chi connectivity index (χ0n) is 9.45. The molecule has 0 radical (unpaired) electrons. The molecular weight excluding hydrogens is 253 g/mol. The van der Waals surface area contributed by atoms with E-state index >= 15 is 0 Å². The first kappa shape index (κ1) is 15.4. The molecule has 0 aliphatic heterocycles. The van der Waals surface area contributed by atoms with Gasteiger partial charge in [-0.1, -0.05) is 13.8 Å². The molecule has 0 heterocycles. The molecule has 0 aromatic carbocycles. The van der Waals surface area contributed by atoms with Gasteiger partial charge in [0.15, 0.2) is 0 Å². The molecule has 1 N–H and O–H groups in total. The highest BCUT2D eigenvalue weighted by molar-refractivity contribution is 6.18. The van der Waals surface area contributed by atoms with Crippen LogP contribution >= 0.6 is 23.2 Å². The van der Waals surface area contributed by atoms with Gasteiger partial charge in [0.2, 0.25) is 0 Å². The number of amides is 2. The van der Waals surface area contributed by atoms with E-state index in [2.05, 4.69) is 10.6 Å². The average Bonchev–Trinajstić information content (AvgIpc) is 2.32. The van der Waals surface area contributed by atoms with E-state index in [1.807, 2.05) is 13.8 Å². The molecule has 0 fully saturated rings. The third-order valence-electron chi connectivity index (χ3n) is 2.30. The highest BCUT2D eigenvalue weighted by Crippen LogP contribution is 2.08. The summed E-state index contributed by atoms with van der Waals surface area (Å²) < 4.78 is 0. The summed E-state index contributed by atoms with van der Waals surface area (Å²) in [6, 6.07) is -1.09. The second kappa shape index (κ2) is 8.58. The Kier molecular flexibility index (Phi) is 8.29. The van der Waals surface area contributed by atoms with E-state index < -0.39 is 6.03 Å². The molecule has 16 heavy (non-hydrogen) atoms. The molecule has 0 spiro atoms. The maximum atomic E-state index is 11.7. The minimum atomic E-state index is -0.546. The van der Waals surface area contributed by atoms with Crippen molar-refractivity contribution in [2.75, 3.05) is 11.8 Å². The number of nitroso groups, excluding NO2 is 1. The second-order valence-electron chi connectivity index (χ2n) is 3.35. The Bertz CT molecular complexity index is 221. The number of nitrogens with one attached hydrogen (secondary N) is 1. The lowest BCUT2D eigenvalue weighted by atomic mass is 10.2. The number of urea groups is 1. The van der Waals surface area contributed by atoms with E-state index in [9.17, 15) is 9.70 Å². The van der Waals surface area contributed by atoms with Crippen molar-refractivity contribution < 1.29 is 4.79 Å². The van der Waals surface area contributed by atoms with Gasteiger partial charge in [-0.05, 0) is 12.8 Å². The van der Waals surface area contributed by atoms with E-state index in [1.165, 1.54) is 0 Å². The first-order valence-electron chi connectivity index (χ1n) is 5.19. The van der Waals surface area contributed by atoms with E-state index in [4.69, 9.17) is 23.2 Å². The normalized spacial score (nSPS) is 14.0. The molecule has 0 saturated carbocycles. The van der Waals surface area contributed by atoms with Gasteiger partial charge in [-0.3, -0.25) is 0 Å². The Morgan fingerprint density at radius 3 is 2.25 bits per heavy atom. The molecule has 2 unspecified atom stereocenters. The Morgan fingerprint density at radius 2 is 1.94 bits per heavy atom. The van der Waals surface area contributed by atoms with Gasteiger partial charge in [0.25, 0.3) is 0 Å². The molecule has 0 saturated heterocycles. The lowest BCUT2D eigenvalue weighted by Crippen LogP contribution is -2.47. The van der Waals surface area contributed by atoms with Gasteiger partial charge in [-0.25, -0.2) is 4.79 Å². The Labute approximate surface area is 105 Å². The molecule has 0 aliphatic carbocycles. The Morgan fingerprint density at radius 1 is 1.31 bits per heavy atom. The molecule has 0 aliphatic rings. The first-order valence-corrected chi connectivity index (χ1v) is 6.26. The minimum absolute atomic E-state index is 0.161. The van der Waals surface area contributed by atoms with Gasteiger partial charge in [-0.2, -0.15) is 5.01 Å². The number of hydrogen-bond acceptors (Lipinski definition) is 3. The summed E-state index contributed by atoms with van der Waals surface area (Å²) in [5, 5.41) is 6.15. The van der Waals surface area contributed by atoms with E-state index in [0.717, 1.165) is 5.01 Å². The van der Waals surface area contributed by atoms with Gasteiger partial charge in [0, 0.05) is 17.8 Å². The zero-order valence-corrected chi connectivity index (χ0v) is 11.0. The average molecular weight is 270 g/mol. The summed E-state index contributed by atoms with van der Waals surface area (Å²) >= 11 is 11.3. The number of alkyl halides is 2. The maximum absolute atomic E-state index is 11.7. The van der Waals surface area contributed by atoms with Crippen LogP contribution in [0, 0.1) is 4.91 Å². The van der Waals surface area contributed by atoms with Crippen LogP contribution in [-0.2, 0) is 0 Å². The fraction of sp³-hybridized carbons (Fsp3) is 0.889. The van der Waals surface area contributed by atoms with E-state index in [1.54, 1.807) is 0 Å². The summed E-state index contributed by atoms with van der Waals surface area (Å²) in [4.78, 5) is 22.3. The van der Waals surface area contributed by atoms with Crippen LogP contribution in [0.1, 0.15) is 26.7 Å². The number of rotatable bonds is 7. The van der Waals surface area contributed by atoms with Crippen LogP contribution in [0.25, 0.3) is 0 Å². The van der Waals surface area contributed by atoms with Gasteiger partial charge < -0.3 is 5.32 Å². The lowest BCUT2D eigenvalue weighted by molar-refractivity contribution is 0.176. The summed E-state index contributed by atoms with van der Waals surface area (Å²) in [6.45, 7) is 3.72. The number of carbonyl (C=O) groups is 1. The van der Waals surface area contributed by atoms with Crippen molar-refractivity contribution in [2.24, 2.45) is 5.29 Å².